The van der Waals surface area contributed by atoms with Crippen molar-refractivity contribution in [1.29, 1.82) is 0 Å². The minimum Gasteiger partial charge on any atom is -0.342 e. The molecule has 1 N–H and O–H groups in total. The van der Waals surface area contributed by atoms with E-state index in [2.05, 4.69) is 5.32 Å². The van der Waals surface area contributed by atoms with Crippen LogP contribution in [0.1, 0.15) is 24.8 Å². The number of hydrogen-bond donors (Lipinski definition) is 1. The molecule has 0 bridgehead atoms. The summed E-state index contributed by atoms with van der Waals surface area (Å²) in [4.78, 5) is 25.8. The largest absolute Gasteiger partial charge is 0.342 e. The van der Waals surface area contributed by atoms with E-state index in [1.54, 1.807) is 12.1 Å². The van der Waals surface area contributed by atoms with E-state index >= 15 is 0 Å². The van der Waals surface area contributed by atoms with E-state index in [-0.39, 0.29) is 17.6 Å². The SMILES string of the molecule is Cc1ccc(Cl)cc1NC(=O)CSCC(=O)N1CCCCC1. The van der Waals surface area contributed by atoms with Crippen LogP contribution in [0, 0.1) is 6.92 Å². The average Bonchev–Trinajstić information content (AvgIpc) is 2.51. The summed E-state index contributed by atoms with van der Waals surface area (Å²) in [5.41, 5.74) is 1.69. The Bertz CT molecular complexity index is 545. The molecule has 0 aliphatic carbocycles. The van der Waals surface area contributed by atoms with Crippen LogP contribution in [0.5, 0.6) is 0 Å². The number of rotatable bonds is 5. The first-order valence-corrected chi connectivity index (χ1v) is 9.01. The first kappa shape index (κ1) is 17.2. The van der Waals surface area contributed by atoms with E-state index in [0.29, 0.717) is 10.8 Å². The Morgan fingerprint density at radius 2 is 1.95 bits per heavy atom. The Hall–Kier alpha value is -1.20. The van der Waals surface area contributed by atoms with Gasteiger partial charge in [-0.05, 0) is 43.9 Å². The van der Waals surface area contributed by atoms with Crippen molar-refractivity contribution in [2.75, 3.05) is 29.9 Å². The van der Waals surface area contributed by atoms with Crippen LogP contribution < -0.4 is 5.32 Å². The van der Waals surface area contributed by atoms with Gasteiger partial charge in [-0.3, -0.25) is 9.59 Å². The zero-order chi connectivity index (χ0) is 15.9. The fourth-order valence-electron chi connectivity index (χ4n) is 2.38. The van der Waals surface area contributed by atoms with Crippen molar-refractivity contribution in [3.8, 4) is 0 Å². The lowest BCUT2D eigenvalue weighted by Crippen LogP contribution is -2.37. The third kappa shape index (κ3) is 5.21. The zero-order valence-corrected chi connectivity index (χ0v) is 14.3. The molecule has 4 nitrogen and oxygen atoms in total. The number of piperidine rings is 1. The van der Waals surface area contributed by atoms with Crippen molar-refractivity contribution in [3.05, 3.63) is 28.8 Å². The summed E-state index contributed by atoms with van der Waals surface area (Å²) in [5.74, 6) is 0.659. The highest BCUT2D eigenvalue weighted by Gasteiger charge is 2.16. The number of nitrogens with one attached hydrogen (secondary N) is 1. The number of amides is 2. The Kier molecular flexibility index (Phi) is 6.58. The number of nitrogens with zero attached hydrogens (tertiary/aromatic N) is 1. The van der Waals surface area contributed by atoms with Crippen LogP contribution in [0.3, 0.4) is 0 Å². The van der Waals surface area contributed by atoms with Gasteiger partial charge >= 0.3 is 0 Å². The van der Waals surface area contributed by atoms with Crippen molar-refractivity contribution >= 4 is 40.9 Å². The number of benzene rings is 1. The van der Waals surface area contributed by atoms with Crippen LogP contribution in [0.2, 0.25) is 5.02 Å². The van der Waals surface area contributed by atoms with Crippen LogP contribution in [-0.4, -0.2) is 41.3 Å². The third-order valence-electron chi connectivity index (χ3n) is 3.64. The lowest BCUT2D eigenvalue weighted by Gasteiger charge is -2.26. The standard InChI is InChI=1S/C16H21ClN2O2S/c1-12-5-6-13(17)9-14(12)18-15(20)10-22-11-16(21)19-7-3-2-4-8-19/h5-6,9H,2-4,7-8,10-11H2,1H3,(H,18,20). The molecule has 1 fully saturated rings. The van der Waals surface area contributed by atoms with Gasteiger partial charge in [0.15, 0.2) is 0 Å². The van der Waals surface area contributed by atoms with Crippen molar-refractivity contribution < 1.29 is 9.59 Å². The Morgan fingerprint density at radius 1 is 1.23 bits per heavy atom. The average molecular weight is 341 g/mol. The van der Waals surface area contributed by atoms with Crippen molar-refractivity contribution in [2.24, 2.45) is 0 Å². The smallest absolute Gasteiger partial charge is 0.234 e. The number of halogens is 1. The van der Waals surface area contributed by atoms with Crippen molar-refractivity contribution in [1.82, 2.24) is 4.90 Å². The van der Waals surface area contributed by atoms with Gasteiger partial charge in [-0.15, -0.1) is 11.8 Å². The maximum Gasteiger partial charge on any atom is 0.234 e. The number of likely N-dealkylation sites (tertiary alicyclic amines) is 1. The summed E-state index contributed by atoms with van der Waals surface area (Å²) < 4.78 is 0. The van der Waals surface area contributed by atoms with Crippen molar-refractivity contribution in [3.63, 3.8) is 0 Å². The summed E-state index contributed by atoms with van der Waals surface area (Å²) in [5, 5.41) is 3.43. The summed E-state index contributed by atoms with van der Waals surface area (Å²) in [6.07, 6.45) is 3.38. The molecular weight excluding hydrogens is 320 g/mol. The van der Waals surface area contributed by atoms with Gasteiger partial charge in [0.1, 0.15) is 0 Å². The molecule has 120 valence electrons. The van der Waals surface area contributed by atoms with Gasteiger partial charge in [0, 0.05) is 23.8 Å². The van der Waals surface area contributed by atoms with Gasteiger partial charge in [-0.2, -0.15) is 0 Å². The van der Waals surface area contributed by atoms with E-state index < -0.39 is 0 Å². The van der Waals surface area contributed by atoms with Gasteiger partial charge in [-0.25, -0.2) is 0 Å². The fraction of sp³-hybridized carbons (Fsp3) is 0.500. The predicted molar refractivity (Wildman–Crippen MR) is 92.6 cm³/mol. The summed E-state index contributed by atoms with van der Waals surface area (Å²) in [6.45, 7) is 3.62. The van der Waals surface area contributed by atoms with Gasteiger partial charge in [-0.1, -0.05) is 17.7 Å². The van der Waals surface area contributed by atoms with Crippen LogP contribution in [0.25, 0.3) is 0 Å². The lowest BCUT2D eigenvalue weighted by atomic mass is 10.1. The summed E-state index contributed by atoms with van der Waals surface area (Å²) >= 11 is 7.28. The first-order valence-electron chi connectivity index (χ1n) is 7.48. The third-order valence-corrected chi connectivity index (χ3v) is 4.79. The summed E-state index contributed by atoms with van der Waals surface area (Å²) in [6, 6.07) is 5.39. The molecule has 22 heavy (non-hydrogen) atoms. The monoisotopic (exact) mass is 340 g/mol. The fourth-order valence-corrected chi connectivity index (χ4v) is 3.27. The first-order chi connectivity index (χ1) is 10.6. The molecule has 0 saturated carbocycles. The lowest BCUT2D eigenvalue weighted by molar-refractivity contribution is -0.129. The molecule has 1 aliphatic heterocycles. The maximum absolute atomic E-state index is 12.0. The number of anilines is 1. The van der Waals surface area contributed by atoms with Crippen LogP contribution in [0.4, 0.5) is 5.69 Å². The van der Waals surface area contributed by atoms with Crippen LogP contribution >= 0.6 is 23.4 Å². The second-order valence-electron chi connectivity index (χ2n) is 5.44. The molecular formula is C16H21ClN2O2S. The maximum atomic E-state index is 12.0. The molecule has 0 aromatic heterocycles. The van der Waals surface area contributed by atoms with E-state index in [9.17, 15) is 9.59 Å². The van der Waals surface area contributed by atoms with Gasteiger partial charge < -0.3 is 10.2 Å². The number of carbonyl (C=O) groups excluding carboxylic acids is 2. The molecule has 1 aromatic rings. The highest BCUT2D eigenvalue weighted by atomic mass is 35.5. The summed E-state index contributed by atoms with van der Waals surface area (Å²) in [7, 11) is 0. The minimum absolute atomic E-state index is 0.109. The Morgan fingerprint density at radius 3 is 2.68 bits per heavy atom. The molecule has 1 saturated heterocycles. The quantitative estimate of drug-likeness (QED) is 0.894. The second-order valence-corrected chi connectivity index (χ2v) is 6.86. The van der Waals surface area contributed by atoms with Gasteiger partial charge in [0.05, 0.1) is 11.5 Å². The van der Waals surface area contributed by atoms with E-state index in [1.165, 1.54) is 18.2 Å². The number of thioether (sulfide) groups is 1. The number of aryl methyl sites for hydroxylation is 1. The molecule has 2 rings (SSSR count). The van der Waals surface area contributed by atoms with Crippen molar-refractivity contribution in [2.45, 2.75) is 26.2 Å². The highest BCUT2D eigenvalue weighted by molar-refractivity contribution is 8.00. The highest BCUT2D eigenvalue weighted by Crippen LogP contribution is 2.20. The van der Waals surface area contributed by atoms with E-state index in [1.807, 2.05) is 17.9 Å². The zero-order valence-electron chi connectivity index (χ0n) is 12.7. The molecule has 1 aromatic carbocycles. The Labute approximate surface area is 140 Å². The normalized spacial score (nSPS) is 14.7. The Balaban J connectivity index is 1.73. The second kappa shape index (κ2) is 8.44. The van der Waals surface area contributed by atoms with Crippen LogP contribution in [0.15, 0.2) is 18.2 Å². The van der Waals surface area contributed by atoms with E-state index in [4.69, 9.17) is 11.6 Å². The van der Waals surface area contributed by atoms with Gasteiger partial charge in [0.2, 0.25) is 11.8 Å². The molecule has 2 amide bonds. The molecule has 0 atom stereocenters. The van der Waals surface area contributed by atoms with E-state index in [0.717, 1.165) is 37.2 Å². The molecule has 0 spiro atoms. The molecule has 1 aliphatic rings. The molecule has 1 heterocycles. The van der Waals surface area contributed by atoms with Gasteiger partial charge in [0.25, 0.3) is 0 Å². The molecule has 0 unspecified atom stereocenters. The van der Waals surface area contributed by atoms with Crippen LogP contribution in [-0.2, 0) is 9.59 Å². The molecule has 0 radical (unpaired) electrons. The number of carbonyl (C=O) groups is 2. The molecule has 6 heteroatoms. The number of hydrogen-bond acceptors (Lipinski definition) is 3. The topological polar surface area (TPSA) is 49.4 Å². The minimum atomic E-state index is -0.109. The predicted octanol–water partition coefficient (Wildman–Crippen LogP) is 3.33.